The summed E-state index contributed by atoms with van der Waals surface area (Å²) in [5.41, 5.74) is 9.81. The van der Waals surface area contributed by atoms with Gasteiger partial charge in [0.2, 0.25) is 17.1 Å². The molecule has 0 aliphatic carbocycles. The van der Waals surface area contributed by atoms with Crippen LogP contribution in [0.15, 0.2) is 71.1 Å². The zero-order valence-corrected chi connectivity index (χ0v) is 17.2. The van der Waals surface area contributed by atoms with E-state index in [9.17, 15) is 0 Å². The van der Waals surface area contributed by atoms with Crippen LogP contribution in [-0.2, 0) is 7.05 Å². The molecular weight excluding hydrogens is 356 g/mol. The molecule has 5 rings (SSSR count). The summed E-state index contributed by atoms with van der Waals surface area (Å²) in [6.45, 7) is 6.30. The fourth-order valence-corrected chi connectivity index (χ4v) is 4.16. The summed E-state index contributed by atoms with van der Waals surface area (Å²) in [6.07, 6.45) is 0. The maximum Gasteiger partial charge on any atom is 0.227 e. The van der Waals surface area contributed by atoms with Crippen LogP contribution in [-0.4, -0.2) is 4.98 Å². The van der Waals surface area contributed by atoms with Gasteiger partial charge in [0.05, 0.1) is 5.56 Å². The third-order valence-electron chi connectivity index (χ3n) is 5.75. The highest BCUT2D eigenvalue weighted by Gasteiger charge is 2.20. The van der Waals surface area contributed by atoms with Crippen molar-refractivity contribution in [2.75, 3.05) is 0 Å². The fourth-order valence-electron chi connectivity index (χ4n) is 4.16. The zero-order valence-electron chi connectivity index (χ0n) is 17.2. The molecule has 29 heavy (non-hydrogen) atoms. The number of furan rings is 1. The minimum Gasteiger partial charge on any atom is -0.438 e. The van der Waals surface area contributed by atoms with Crippen molar-refractivity contribution < 1.29 is 8.98 Å². The summed E-state index contributed by atoms with van der Waals surface area (Å²) in [6, 6.07) is 23.5. The normalized spacial score (nSPS) is 11.4. The molecule has 0 amide bonds. The molecule has 0 aliphatic heterocycles. The van der Waals surface area contributed by atoms with Crippen LogP contribution in [0, 0.1) is 20.8 Å². The van der Waals surface area contributed by atoms with Gasteiger partial charge in [0, 0.05) is 34.2 Å². The van der Waals surface area contributed by atoms with E-state index >= 15 is 0 Å². The molecule has 0 spiro atoms. The first-order valence-electron chi connectivity index (χ1n) is 9.89. The van der Waals surface area contributed by atoms with E-state index in [4.69, 9.17) is 4.42 Å². The minimum absolute atomic E-state index is 0.703. The van der Waals surface area contributed by atoms with E-state index in [-0.39, 0.29) is 0 Å². The second kappa shape index (κ2) is 6.56. The van der Waals surface area contributed by atoms with Crippen LogP contribution in [0.1, 0.15) is 16.8 Å². The Morgan fingerprint density at radius 3 is 2.28 bits per heavy atom. The van der Waals surface area contributed by atoms with Gasteiger partial charge in [-0.3, -0.25) is 0 Å². The van der Waals surface area contributed by atoms with Gasteiger partial charge < -0.3 is 4.42 Å². The molecule has 0 fully saturated rings. The van der Waals surface area contributed by atoms with Crippen LogP contribution >= 0.6 is 0 Å². The molecule has 3 heterocycles. The van der Waals surface area contributed by atoms with Gasteiger partial charge in [-0.2, -0.15) is 4.57 Å². The number of hydrogen-bond donors (Lipinski definition) is 0. The van der Waals surface area contributed by atoms with Crippen LogP contribution in [0.3, 0.4) is 0 Å². The monoisotopic (exact) mass is 379 g/mol. The van der Waals surface area contributed by atoms with Gasteiger partial charge >= 0.3 is 0 Å². The van der Waals surface area contributed by atoms with Crippen molar-refractivity contribution >= 4 is 22.1 Å². The number of aromatic nitrogens is 2. The van der Waals surface area contributed by atoms with Crippen molar-refractivity contribution in [3.8, 4) is 22.5 Å². The lowest BCUT2D eigenvalue weighted by molar-refractivity contribution is -0.649. The van der Waals surface area contributed by atoms with Gasteiger partial charge in [0.25, 0.3) is 0 Å². The van der Waals surface area contributed by atoms with Gasteiger partial charge in [-0.05, 0) is 68.3 Å². The third kappa shape index (κ3) is 2.82. The van der Waals surface area contributed by atoms with E-state index in [1.807, 2.05) is 13.0 Å². The van der Waals surface area contributed by atoms with E-state index in [2.05, 4.69) is 91.1 Å². The molecule has 0 radical (unpaired) electrons. The molecule has 0 saturated carbocycles. The Morgan fingerprint density at radius 1 is 0.724 bits per heavy atom. The van der Waals surface area contributed by atoms with Gasteiger partial charge in [-0.25, -0.2) is 4.98 Å². The SMILES string of the molecule is Cc1ccc2c(n1)oc1cc(-c3cccc(-c4ccccc4C)[n+]3C)c(C)cc12. The fraction of sp³-hybridized carbons (Fsp3) is 0.154. The molecule has 0 saturated heterocycles. The predicted octanol–water partition coefficient (Wildman–Crippen LogP) is 6.06. The van der Waals surface area contributed by atoms with Gasteiger partial charge in [-0.15, -0.1) is 0 Å². The van der Waals surface area contributed by atoms with Crippen LogP contribution < -0.4 is 4.57 Å². The van der Waals surface area contributed by atoms with Gasteiger partial charge in [0.15, 0.2) is 0 Å². The lowest BCUT2D eigenvalue weighted by Crippen LogP contribution is -2.34. The summed E-state index contributed by atoms with van der Waals surface area (Å²) >= 11 is 0. The number of hydrogen-bond acceptors (Lipinski definition) is 2. The average Bonchev–Trinajstić information content (AvgIpc) is 3.04. The zero-order chi connectivity index (χ0) is 20.1. The first-order valence-corrected chi connectivity index (χ1v) is 9.89. The smallest absolute Gasteiger partial charge is 0.227 e. The van der Waals surface area contributed by atoms with Crippen LogP contribution in [0.4, 0.5) is 0 Å². The second-order valence-corrected chi connectivity index (χ2v) is 7.74. The Balaban J connectivity index is 1.74. The van der Waals surface area contributed by atoms with Crippen molar-refractivity contribution in [3.63, 3.8) is 0 Å². The summed E-state index contributed by atoms with van der Waals surface area (Å²) in [5, 5.41) is 2.18. The quantitative estimate of drug-likeness (QED) is 0.349. The Morgan fingerprint density at radius 2 is 1.48 bits per heavy atom. The van der Waals surface area contributed by atoms with Crippen molar-refractivity contribution in [3.05, 3.63) is 83.6 Å². The number of rotatable bonds is 2. The first-order chi connectivity index (χ1) is 14.0. The summed E-state index contributed by atoms with van der Waals surface area (Å²) in [5.74, 6) is 0. The molecule has 3 heteroatoms. The van der Waals surface area contributed by atoms with E-state index in [1.54, 1.807) is 0 Å². The number of pyridine rings is 2. The molecular formula is C26H23N2O+. The number of aryl methyl sites for hydroxylation is 3. The maximum atomic E-state index is 6.10. The van der Waals surface area contributed by atoms with Crippen LogP contribution in [0.25, 0.3) is 44.6 Å². The van der Waals surface area contributed by atoms with Crippen LogP contribution in [0.5, 0.6) is 0 Å². The van der Waals surface area contributed by atoms with E-state index in [0.717, 1.165) is 27.7 Å². The van der Waals surface area contributed by atoms with E-state index < -0.39 is 0 Å². The molecule has 0 atom stereocenters. The third-order valence-corrected chi connectivity index (χ3v) is 5.75. The molecule has 2 aromatic carbocycles. The summed E-state index contributed by atoms with van der Waals surface area (Å²) < 4.78 is 8.37. The van der Waals surface area contributed by atoms with Crippen molar-refractivity contribution in [1.29, 1.82) is 0 Å². The lowest BCUT2D eigenvalue weighted by atomic mass is 9.99. The largest absolute Gasteiger partial charge is 0.438 e. The molecule has 0 unspecified atom stereocenters. The molecule has 3 aromatic heterocycles. The van der Waals surface area contributed by atoms with E-state index in [1.165, 1.54) is 27.9 Å². The minimum atomic E-state index is 0.703. The Labute approximate surface area is 170 Å². The number of fused-ring (bicyclic) bond motifs is 3. The molecule has 0 N–H and O–H groups in total. The molecule has 3 nitrogen and oxygen atoms in total. The Kier molecular flexibility index (Phi) is 3.99. The maximum absolute atomic E-state index is 6.10. The van der Waals surface area contributed by atoms with Crippen molar-refractivity contribution in [2.45, 2.75) is 20.8 Å². The molecule has 0 bridgehead atoms. The summed E-state index contributed by atoms with van der Waals surface area (Å²) in [4.78, 5) is 4.55. The molecule has 5 aromatic rings. The lowest BCUT2D eigenvalue weighted by Gasteiger charge is -2.09. The standard InChI is InChI=1S/C26H23N2O/c1-16-8-5-6-9-19(16)23-10-7-11-24(28(23)4)21-15-25-22(14-17(21)2)20-13-12-18(3)27-26(20)29-25/h5-15H,1-4H3/q+1. The van der Waals surface area contributed by atoms with Gasteiger partial charge in [-0.1, -0.05) is 18.2 Å². The topological polar surface area (TPSA) is 29.9 Å². The van der Waals surface area contributed by atoms with E-state index in [0.29, 0.717) is 5.71 Å². The Bertz CT molecular complexity index is 1400. The molecule has 0 aliphatic rings. The van der Waals surface area contributed by atoms with Crippen LogP contribution in [0.2, 0.25) is 0 Å². The highest BCUT2D eigenvalue weighted by atomic mass is 16.3. The second-order valence-electron chi connectivity index (χ2n) is 7.74. The first kappa shape index (κ1) is 17.6. The highest BCUT2D eigenvalue weighted by molar-refractivity contribution is 6.05. The Hall–Kier alpha value is -3.46. The van der Waals surface area contributed by atoms with Crippen molar-refractivity contribution in [1.82, 2.24) is 4.98 Å². The highest BCUT2D eigenvalue weighted by Crippen LogP contribution is 2.33. The van der Waals surface area contributed by atoms with Crippen molar-refractivity contribution in [2.24, 2.45) is 7.05 Å². The number of benzene rings is 2. The summed E-state index contributed by atoms with van der Waals surface area (Å²) in [7, 11) is 2.13. The average molecular weight is 379 g/mol. The number of nitrogens with zero attached hydrogens (tertiary/aromatic N) is 2. The van der Waals surface area contributed by atoms with Gasteiger partial charge in [0.1, 0.15) is 12.6 Å². The molecule has 142 valence electrons. The predicted molar refractivity (Wildman–Crippen MR) is 118 cm³/mol.